The predicted octanol–water partition coefficient (Wildman–Crippen LogP) is 13.4. The second kappa shape index (κ2) is 9.53. The van der Waals surface area contributed by atoms with Gasteiger partial charge in [-0.3, -0.25) is 0 Å². The maximum absolute atomic E-state index is 2.50. The molecule has 1 nitrogen and oxygen atoms in total. The Morgan fingerprint density at radius 2 is 1.13 bits per heavy atom. The summed E-state index contributed by atoms with van der Waals surface area (Å²) in [6.45, 7) is 4.74. The molecule has 0 atom stereocenters. The Balaban J connectivity index is 1.25. The molecule has 46 heavy (non-hydrogen) atoms. The molecule has 218 valence electrons. The molecular formula is C43H29NS2. The van der Waals surface area contributed by atoms with Crippen LogP contribution in [0, 0.1) is 0 Å². The summed E-state index contributed by atoms with van der Waals surface area (Å²) in [5, 5.41) is 7.84. The minimum atomic E-state index is -0.0785. The predicted molar refractivity (Wildman–Crippen MR) is 202 cm³/mol. The van der Waals surface area contributed by atoms with Crippen LogP contribution in [0.25, 0.3) is 62.2 Å². The molecule has 0 N–H and O–H groups in total. The van der Waals surface area contributed by atoms with E-state index in [2.05, 4.69) is 158 Å². The molecule has 0 saturated carbocycles. The zero-order valence-corrected chi connectivity index (χ0v) is 27.2. The smallest absolute Gasteiger partial charge is 0.0640 e. The van der Waals surface area contributed by atoms with Crippen LogP contribution in [0.2, 0.25) is 0 Å². The van der Waals surface area contributed by atoms with E-state index in [0.29, 0.717) is 0 Å². The molecule has 0 saturated heterocycles. The van der Waals surface area contributed by atoms with Gasteiger partial charge in [0.15, 0.2) is 0 Å². The first kappa shape index (κ1) is 26.3. The van der Waals surface area contributed by atoms with Crippen molar-refractivity contribution in [3.63, 3.8) is 0 Å². The lowest BCUT2D eigenvalue weighted by atomic mass is 9.82. The molecule has 9 aromatic rings. The maximum Gasteiger partial charge on any atom is 0.0640 e. The molecule has 7 aromatic carbocycles. The van der Waals surface area contributed by atoms with Gasteiger partial charge >= 0.3 is 0 Å². The van der Waals surface area contributed by atoms with Gasteiger partial charge < -0.3 is 4.90 Å². The van der Waals surface area contributed by atoms with Gasteiger partial charge in [-0.2, -0.15) is 0 Å². The minimum absolute atomic E-state index is 0.0785. The van der Waals surface area contributed by atoms with Crippen LogP contribution >= 0.6 is 22.7 Å². The second-order valence-corrected chi connectivity index (χ2v) is 15.1. The van der Waals surface area contributed by atoms with Gasteiger partial charge in [0.05, 0.1) is 10.4 Å². The van der Waals surface area contributed by atoms with E-state index >= 15 is 0 Å². The molecule has 0 fully saturated rings. The molecule has 0 aliphatic heterocycles. The molecule has 0 spiro atoms. The van der Waals surface area contributed by atoms with Crippen molar-refractivity contribution < 1.29 is 0 Å². The van der Waals surface area contributed by atoms with E-state index < -0.39 is 0 Å². The Kier molecular flexibility index (Phi) is 5.44. The number of anilines is 3. The summed E-state index contributed by atoms with van der Waals surface area (Å²) in [6.07, 6.45) is 0. The van der Waals surface area contributed by atoms with Crippen molar-refractivity contribution in [2.75, 3.05) is 4.90 Å². The van der Waals surface area contributed by atoms with Crippen LogP contribution in [0.5, 0.6) is 0 Å². The van der Waals surface area contributed by atoms with Crippen LogP contribution in [0.15, 0.2) is 140 Å². The van der Waals surface area contributed by atoms with Crippen LogP contribution in [-0.4, -0.2) is 0 Å². The van der Waals surface area contributed by atoms with Gasteiger partial charge in [0.25, 0.3) is 0 Å². The molecule has 2 aromatic heterocycles. The van der Waals surface area contributed by atoms with Gasteiger partial charge in [0.1, 0.15) is 0 Å². The summed E-state index contributed by atoms with van der Waals surface area (Å²) in [4.78, 5) is 2.50. The number of benzene rings is 7. The highest BCUT2D eigenvalue weighted by atomic mass is 32.1. The number of nitrogens with zero attached hydrogens (tertiary/aromatic N) is 1. The van der Waals surface area contributed by atoms with Gasteiger partial charge in [0, 0.05) is 52.4 Å². The van der Waals surface area contributed by atoms with E-state index in [-0.39, 0.29) is 5.41 Å². The van der Waals surface area contributed by atoms with Crippen LogP contribution < -0.4 is 4.90 Å². The van der Waals surface area contributed by atoms with Gasteiger partial charge in [-0.15, -0.1) is 22.7 Å². The molecule has 3 heteroatoms. The molecule has 0 amide bonds. The number of hydrogen-bond acceptors (Lipinski definition) is 3. The largest absolute Gasteiger partial charge is 0.309 e. The molecule has 1 aliphatic rings. The third-order valence-electron chi connectivity index (χ3n) is 10.0. The summed E-state index contributed by atoms with van der Waals surface area (Å²) >= 11 is 3.78. The molecule has 10 rings (SSSR count). The first-order valence-corrected chi connectivity index (χ1v) is 17.5. The lowest BCUT2D eigenvalue weighted by molar-refractivity contribution is 0.660. The van der Waals surface area contributed by atoms with Gasteiger partial charge in [-0.05, 0) is 87.6 Å². The second-order valence-electron chi connectivity index (χ2n) is 13.0. The summed E-state index contributed by atoms with van der Waals surface area (Å²) in [7, 11) is 0. The first-order chi connectivity index (χ1) is 22.5. The standard InChI is InChI=1S/C43H29NS2/c1-43(2)36-15-7-5-12-30(36)31-20-18-29(25-37(31)43)44(28-19-21-40-35(24-28)32-13-6-8-17-39(32)45-40)38-16-9-14-33-34-22-26-10-3-4-11-27(26)23-41(34)46-42(33)38/h3-25H,1-2H3. The van der Waals surface area contributed by atoms with Crippen LogP contribution in [0.1, 0.15) is 25.0 Å². The topological polar surface area (TPSA) is 3.24 Å². The van der Waals surface area contributed by atoms with Crippen LogP contribution in [-0.2, 0) is 5.41 Å². The van der Waals surface area contributed by atoms with E-state index in [4.69, 9.17) is 0 Å². The highest BCUT2D eigenvalue weighted by Crippen LogP contribution is 2.52. The van der Waals surface area contributed by atoms with Crippen LogP contribution in [0.4, 0.5) is 17.1 Å². The van der Waals surface area contributed by atoms with Crippen molar-refractivity contribution in [3.8, 4) is 11.1 Å². The van der Waals surface area contributed by atoms with Crippen molar-refractivity contribution in [2.45, 2.75) is 19.3 Å². The van der Waals surface area contributed by atoms with Crippen molar-refractivity contribution in [3.05, 3.63) is 151 Å². The fourth-order valence-electron chi connectivity index (χ4n) is 7.76. The molecule has 0 radical (unpaired) electrons. The van der Waals surface area contributed by atoms with Crippen molar-refractivity contribution >= 4 is 90.9 Å². The molecule has 2 heterocycles. The summed E-state index contributed by atoms with van der Waals surface area (Å²) in [6, 6.07) is 52.1. The number of hydrogen-bond donors (Lipinski definition) is 0. The normalized spacial score (nSPS) is 13.6. The lowest BCUT2D eigenvalue weighted by Crippen LogP contribution is -2.16. The summed E-state index contributed by atoms with van der Waals surface area (Å²) in [5.41, 5.74) is 8.99. The summed E-state index contributed by atoms with van der Waals surface area (Å²) < 4.78 is 5.29. The highest BCUT2D eigenvalue weighted by Gasteiger charge is 2.36. The SMILES string of the molecule is CC1(C)c2ccccc2-c2ccc(N(c3ccc4sc5ccccc5c4c3)c3cccc4c3sc3cc5ccccc5cc34)cc21. The third kappa shape index (κ3) is 3.67. The van der Waals surface area contributed by atoms with Crippen molar-refractivity contribution in [1.82, 2.24) is 0 Å². The Bertz CT molecular complexity index is 2690. The third-order valence-corrected chi connectivity index (χ3v) is 12.4. The Hall–Kier alpha value is -4.96. The van der Waals surface area contributed by atoms with Gasteiger partial charge in [-0.1, -0.05) is 98.8 Å². The minimum Gasteiger partial charge on any atom is -0.309 e. The molecule has 0 unspecified atom stereocenters. The number of fused-ring (bicyclic) bond motifs is 10. The number of thiophene rings is 2. The fourth-order valence-corrected chi connectivity index (χ4v) is 10.1. The van der Waals surface area contributed by atoms with Gasteiger partial charge in [-0.25, -0.2) is 0 Å². The van der Waals surface area contributed by atoms with Crippen LogP contribution in [0.3, 0.4) is 0 Å². The van der Waals surface area contributed by atoms with E-state index in [1.165, 1.54) is 90.4 Å². The maximum atomic E-state index is 2.50. The average Bonchev–Trinajstić information content (AvgIpc) is 3.72. The average molecular weight is 624 g/mol. The molecule has 1 aliphatic carbocycles. The quantitative estimate of drug-likeness (QED) is 0.189. The van der Waals surface area contributed by atoms with E-state index in [0.717, 1.165) is 0 Å². The van der Waals surface area contributed by atoms with Gasteiger partial charge in [0.2, 0.25) is 0 Å². The highest BCUT2D eigenvalue weighted by molar-refractivity contribution is 7.26. The summed E-state index contributed by atoms with van der Waals surface area (Å²) in [5.74, 6) is 0. The lowest BCUT2D eigenvalue weighted by Gasteiger charge is -2.28. The molecular weight excluding hydrogens is 595 g/mol. The van der Waals surface area contributed by atoms with E-state index in [1.54, 1.807) is 0 Å². The van der Waals surface area contributed by atoms with E-state index in [1.807, 2.05) is 22.7 Å². The molecule has 0 bridgehead atoms. The van der Waals surface area contributed by atoms with Crippen molar-refractivity contribution in [2.24, 2.45) is 0 Å². The Morgan fingerprint density at radius 1 is 0.457 bits per heavy atom. The Labute approximate surface area is 275 Å². The fraction of sp³-hybridized carbons (Fsp3) is 0.0698. The van der Waals surface area contributed by atoms with E-state index in [9.17, 15) is 0 Å². The Morgan fingerprint density at radius 3 is 2.04 bits per heavy atom. The van der Waals surface area contributed by atoms with Crippen molar-refractivity contribution in [1.29, 1.82) is 0 Å². The monoisotopic (exact) mass is 623 g/mol. The zero-order chi connectivity index (χ0) is 30.6. The zero-order valence-electron chi connectivity index (χ0n) is 25.5. The number of rotatable bonds is 3. The first-order valence-electron chi connectivity index (χ1n) is 15.8.